The SMILES string of the molecule is CC(C)(C)[Si](C)(C)OC(C=Cc1ccccc1)CCl. The van der Waals surface area contributed by atoms with E-state index in [9.17, 15) is 0 Å². The molecule has 0 aliphatic rings. The van der Waals surface area contributed by atoms with Gasteiger partial charge in [0.05, 0.1) is 12.0 Å². The third-order valence-corrected chi connectivity index (χ3v) is 8.52. The van der Waals surface area contributed by atoms with Gasteiger partial charge in [0.25, 0.3) is 0 Å². The van der Waals surface area contributed by atoms with Crippen LogP contribution in [-0.4, -0.2) is 20.3 Å². The summed E-state index contributed by atoms with van der Waals surface area (Å²) in [7, 11) is -1.76. The van der Waals surface area contributed by atoms with Gasteiger partial charge in [-0.25, -0.2) is 0 Å². The number of halogens is 1. The summed E-state index contributed by atoms with van der Waals surface area (Å²) in [4.78, 5) is 0. The predicted octanol–water partition coefficient (Wildman–Crippen LogP) is 5.33. The maximum absolute atomic E-state index is 6.29. The van der Waals surface area contributed by atoms with E-state index in [0.717, 1.165) is 0 Å². The molecule has 0 aliphatic heterocycles. The van der Waals surface area contributed by atoms with Crippen molar-refractivity contribution >= 4 is 26.0 Å². The highest BCUT2D eigenvalue weighted by atomic mass is 35.5. The van der Waals surface area contributed by atoms with Crippen LogP contribution in [0, 0.1) is 0 Å². The highest BCUT2D eigenvalue weighted by molar-refractivity contribution is 6.74. The fourth-order valence-corrected chi connectivity index (χ4v) is 3.00. The quantitative estimate of drug-likeness (QED) is 0.527. The van der Waals surface area contributed by atoms with Crippen molar-refractivity contribution in [1.29, 1.82) is 0 Å². The zero-order valence-electron chi connectivity index (χ0n) is 12.6. The van der Waals surface area contributed by atoms with E-state index >= 15 is 0 Å². The lowest BCUT2D eigenvalue weighted by Gasteiger charge is -2.38. The Bertz CT molecular complexity index is 407. The first-order chi connectivity index (χ1) is 8.76. The molecule has 0 saturated carbocycles. The van der Waals surface area contributed by atoms with Crippen molar-refractivity contribution in [3.63, 3.8) is 0 Å². The summed E-state index contributed by atoms with van der Waals surface area (Å²) in [5.74, 6) is 0.496. The molecule has 19 heavy (non-hydrogen) atoms. The van der Waals surface area contributed by atoms with E-state index in [0.29, 0.717) is 5.88 Å². The van der Waals surface area contributed by atoms with Crippen LogP contribution in [0.5, 0.6) is 0 Å². The minimum Gasteiger partial charge on any atom is -0.409 e. The average molecular weight is 297 g/mol. The lowest BCUT2D eigenvalue weighted by Crippen LogP contribution is -2.43. The van der Waals surface area contributed by atoms with Gasteiger partial charge in [0.2, 0.25) is 0 Å². The zero-order chi connectivity index (χ0) is 14.5. The van der Waals surface area contributed by atoms with Crippen LogP contribution in [0.3, 0.4) is 0 Å². The standard InChI is InChI=1S/C16H25ClOSi/c1-16(2,3)19(4,5)18-15(13-17)12-11-14-9-7-6-8-10-14/h6-12,15H,13H2,1-5H3. The Balaban J connectivity index is 2.72. The van der Waals surface area contributed by atoms with Gasteiger partial charge >= 0.3 is 0 Å². The molecule has 0 radical (unpaired) electrons. The summed E-state index contributed by atoms with van der Waals surface area (Å²) in [5, 5.41) is 0.206. The molecule has 0 amide bonds. The summed E-state index contributed by atoms with van der Waals surface area (Å²) in [6.45, 7) is 11.2. The fraction of sp³-hybridized carbons (Fsp3) is 0.500. The maximum Gasteiger partial charge on any atom is 0.192 e. The molecule has 1 aromatic rings. The molecule has 0 saturated heterocycles. The van der Waals surface area contributed by atoms with Crippen LogP contribution in [0.15, 0.2) is 36.4 Å². The van der Waals surface area contributed by atoms with E-state index < -0.39 is 8.32 Å². The number of rotatable bonds is 5. The van der Waals surface area contributed by atoms with Gasteiger partial charge in [-0.15, -0.1) is 11.6 Å². The molecule has 0 spiro atoms. The molecule has 106 valence electrons. The van der Waals surface area contributed by atoms with Crippen LogP contribution < -0.4 is 0 Å². The Hall–Kier alpha value is -0.573. The van der Waals surface area contributed by atoms with Crippen molar-refractivity contribution < 1.29 is 4.43 Å². The lowest BCUT2D eigenvalue weighted by atomic mass is 10.2. The summed E-state index contributed by atoms with van der Waals surface area (Å²) in [6, 6.07) is 10.2. The summed E-state index contributed by atoms with van der Waals surface area (Å²) < 4.78 is 6.29. The Morgan fingerprint density at radius 3 is 2.26 bits per heavy atom. The largest absolute Gasteiger partial charge is 0.409 e. The van der Waals surface area contributed by atoms with E-state index in [2.05, 4.69) is 58.2 Å². The van der Waals surface area contributed by atoms with Gasteiger partial charge in [0.15, 0.2) is 8.32 Å². The van der Waals surface area contributed by atoms with E-state index in [4.69, 9.17) is 16.0 Å². The normalized spacial score (nSPS) is 14.8. The minimum absolute atomic E-state index is 0.0113. The first-order valence-electron chi connectivity index (χ1n) is 6.73. The number of benzene rings is 1. The number of alkyl halides is 1. The third kappa shape index (κ3) is 5.13. The molecule has 0 aromatic heterocycles. The summed E-state index contributed by atoms with van der Waals surface area (Å²) in [6.07, 6.45) is 4.14. The molecular formula is C16H25ClOSi. The van der Waals surface area contributed by atoms with Crippen LogP contribution >= 0.6 is 11.6 Å². The molecule has 0 aliphatic carbocycles. The predicted molar refractivity (Wildman–Crippen MR) is 88.3 cm³/mol. The van der Waals surface area contributed by atoms with Crippen molar-refractivity contribution in [2.45, 2.75) is 45.0 Å². The lowest BCUT2D eigenvalue weighted by molar-refractivity contribution is 0.247. The van der Waals surface area contributed by atoms with E-state index in [1.54, 1.807) is 0 Å². The van der Waals surface area contributed by atoms with Gasteiger partial charge in [-0.3, -0.25) is 0 Å². The molecule has 0 fully saturated rings. The highest BCUT2D eigenvalue weighted by Gasteiger charge is 2.38. The first-order valence-corrected chi connectivity index (χ1v) is 10.2. The van der Waals surface area contributed by atoms with Crippen molar-refractivity contribution in [2.75, 3.05) is 5.88 Å². The topological polar surface area (TPSA) is 9.23 Å². The molecular weight excluding hydrogens is 272 g/mol. The summed E-state index contributed by atoms with van der Waals surface area (Å²) >= 11 is 6.04. The Labute approximate surface area is 123 Å². The maximum atomic E-state index is 6.29. The molecule has 1 nitrogen and oxygen atoms in total. The van der Waals surface area contributed by atoms with Crippen LogP contribution in [0.25, 0.3) is 6.08 Å². The fourth-order valence-electron chi connectivity index (χ4n) is 1.46. The molecule has 3 heteroatoms. The molecule has 0 bridgehead atoms. The molecule has 0 heterocycles. The van der Waals surface area contributed by atoms with Crippen molar-refractivity contribution in [1.82, 2.24) is 0 Å². The van der Waals surface area contributed by atoms with Crippen molar-refractivity contribution in [3.8, 4) is 0 Å². The minimum atomic E-state index is -1.76. The second kappa shape index (κ2) is 6.73. The Morgan fingerprint density at radius 2 is 1.79 bits per heavy atom. The van der Waals surface area contributed by atoms with Gasteiger partial charge < -0.3 is 4.43 Å². The monoisotopic (exact) mass is 296 g/mol. The second-order valence-corrected chi connectivity index (χ2v) is 11.4. The van der Waals surface area contributed by atoms with Crippen LogP contribution in [0.1, 0.15) is 26.3 Å². The van der Waals surface area contributed by atoms with Crippen LogP contribution in [0.4, 0.5) is 0 Å². The number of hydrogen-bond acceptors (Lipinski definition) is 1. The molecule has 1 aromatic carbocycles. The molecule has 1 unspecified atom stereocenters. The average Bonchev–Trinajstić information content (AvgIpc) is 2.34. The van der Waals surface area contributed by atoms with Gasteiger partial charge in [0.1, 0.15) is 0 Å². The molecule has 1 rings (SSSR count). The summed E-state index contributed by atoms with van der Waals surface area (Å²) in [5.41, 5.74) is 1.18. The number of hydrogen-bond donors (Lipinski definition) is 0. The van der Waals surface area contributed by atoms with Gasteiger partial charge in [-0.2, -0.15) is 0 Å². The van der Waals surface area contributed by atoms with E-state index in [-0.39, 0.29) is 11.1 Å². The highest BCUT2D eigenvalue weighted by Crippen LogP contribution is 2.37. The van der Waals surface area contributed by atoms with Crippen molar-refractivity contribution in [3.05, 3.63) is 42.0 Å². The van der Waals surface area contributed by atoms with E-state index in [1.165, 1.54) is 5.56 Å². The van der Waals surface area contributed by atoms with Gasteiger partial charge in [-0.05, 0) is 23.7 Å². The van der Waals surface area contributed by atoms with E-state index in [1.807, 2.05) is 18.2 Å². The smallest absolute Gasteiger partial charge is 0.192 e. The second-order valence-electron chi connectivity index (χ2n) is 6.34. The Morgan fingerprint density at radius 1 is 1.21 bits per heavy atom. The van der Waals surface area contributed by atoms with Gasteiger partial charge in [0, 0.05) is 0 Å². The van der Waals surface area contributed by atoms with Crippen LogP contribution in [-0.2, 0) is 4.43 Å². The van der Waals surface area contributed by atoms with Gasteiger partial charge in [-0.1, -0.05) is 63.3 Å². The molecule has 1 atom stereocenters. The first kappa shape index (κ1) is 16.5. The van der Waals surface area contributed by atoms with Crippen LogP contribution in [0.2, 0.25) is 18.1 Å². The molecule has 0 N–H and O–H groups in total. The Kier molecular flexibility index (Phi) is 5.84. The zero-order valence-corrected chi connectivity index (χ0v) is 14.4. The third-order valence-electron chi connectivity index (χ3n) is 3.71. The van der Waals surface area contributed by atoms with Crippen molar-refractivity contribution in [2.24, 2.45) is 0 Å².